The molecule has 25 heavy (non-hydrogen) atoms. The lowest BCUT2D eigenvalue weighted by molar-refractivity contribution is 0.0944. The quantitative estimate of drug-likeness (QED) is 0.753. The zero-order valence-electron chi connectivity index (χ0n) is 14.4. The average molecular weight is 335 g/mol. The summed E-state index contributed by atoms with van der Waals surface area (Å²) in [6.45, 7) is 0.589. The van der Waals surface area contributed by atoms with E-state index in [9.17, 15) is 4.79 Å². The Balaban J connectivity index is 1.65. The van der Waals surface area contributed by atoms with Gasteiger partial charge in [-0.1, -0.05) is 30.3 Å². The molecule has 0 radical (unpaired) electrons. The van der Waals surface area contributed by atoms with Gasteiger partial charge in [0.25, 0.3) is 5.91 Å². The summed E-state index contributed by atoms with van der Waals surface area (Å²) in [5.41, 5.74) is 3.45. The van der Waals surface area contributed by atoms with E-state index in [1.54, 1.807) is 24.9 Å². The lowest BCUT2D eigenvalue weighted by Gasteiger charge is -2.05. The first-order chi connectivity index (χ1) is 12.2. The summed E-state index contributed by atoms with van der Waals surface area (Å²) in [5.74, 6) is 0.671. The molecule has 0 aliphatic rings. The van der Waals surface area contributed by atoms with E-state index >= 15 is 0 Å². The van der Waals surface area contributed by atoms with Crippen LogP contribution in [0.15, 0.2) is 60.7 Å². The number of amides is 1. The van der Waals surface area contributed by atoms with Gasteiger partial charge in [-0.05, 0) is 42.3 Å². The fourth-order valence-corrected chi connectivity index (χ4v) is 2.64. The lowest BCUT2D eigenvalue weighted by Crippen LogP contribution is -2.27. The summed E-state index contributed by atoms with van der Waals surface area (Å²) in [4.78, 5) is 12.4. The van der Waals surface area contributed by atoms with Crippen LogP contribution in [0.1, 0.15) is 16.1 Å². The zero-order valence-corrected chi connectivity index (χ0v) is 14.4. The fraction of sp³-hybridized carbons (Fsp3) is 0.200. The van der Waals surface area contributed by atoms with Gasteiger partial charge in [-0.15, -0.1) is 0 Å². The van der Waals surface area contributed by atoms with Gasteiger partial charge in [0.15, 0.2) is 0 Å². The molecule has 5 heteroatoms. The van der Waals surface area contributed by atoms with Crippen molar-refractivity contribution in [3.63, 3.8) is 0 Å². The van der Waals surface area contributed by atoms with Crippen LogP contribution in [0.3, 0.4) is 0 Å². The SMILES string of the molecule is COc1ccc(-c2cc(C(=O)NCCc3ccccc3)n(C)n2)cc1. The average Bonchev–Trinajstić information content (AvgIpc) is 3.04. The Hall–Kier alpha value is -3.08. The standard InChI is InChI=1S/C20H21N3O2/c1-23-19(20(24)21-13-12-15-6-4-3-5-7-15)14-18(22-23)16-8-10-17(25-2)11-9-16/h3-11,14H,12-13H2,1-2H3,(H,21,24). The molecule has 1 aromatic heterocycles. The second-order valence-electron chi connectivity index (χ2n) is 5.76. The van der Waals surface area contributed by atoms with Gasteiger partial charge >= 0.3 is 0 Å². The van der Waals surface area contributed by atoms with Gasteiger partial charge in [0, 0.05) is 19.2 Å². The fourth-order valence-electron chi connectivity index (χ4n) is 2.64. The number of carbonyl (C=O) groups is 1. The Labute approximate surface area is 147 Å². The third-order valence-corrected chi connectivity index (χ3v) is 4.04. The van der Waals surface area contributed by atoms with Crippen molar-refractivity contribution < 1.29 is 9.53 Å². The molecule has 0 aliphatic heterocycles. The van der Waals surface area contributed by atoms with Crippen LogP contribution >= 0.6 is 0 Å². The number of ether oxygens (including phenoxy) is 1. The zero-order chi connectivity index (χ0) is 17.6. The predicted octanol–water partition coefficient (Wildman–Crippen LogP) is 3.07. The molecule has 0 bridgehead atoms. The molecule has 0 aliphatic carbocycles. The summed E-state index contributed by atoms with van der Waals surface area (Å²) in [7, 11) is 3.41. The minimum Gasteiger partial charge on any atom is -0.497 e. The maximum atomic E-state index is 12.4. The number of aryl methyl sites for hydroxylation is 1. The smallest absolute Gasteiger partial charge is 0.269 e. The molecule has 0 spiro atoms. The number of nitrogens with zero attached hydrogens (tertiary/aromatic N) is 2. The van der Waals surface area contributed by atoms with E-state index in [1.807, 2.05) is 42.5 Å². The van der Waals surface area contributed by atoms with Crippen LogP contribution in [-0.4, -0.2) is 29.3 Å². The van der Waals surface area contributed by atoms with Crippen LogP contribution in [0.25, 0.3) is 11.3 Å². The van der Waals surface area contributed by atoms with Crippen molar-refractivity contribution in [1.29, 1.82) is 0 Å². The molecule has 5 nitrogen and oxygen atoms in total. The van der Waals surface area contributed by atoms with Crippen LogP contribution in [0.2, 0.25) is 0 Å². The topological polar surface area (TPSA) is 56.1 Å². The van der Waals surface area contributed by atoms with Crippen molar-refractivity contribution in [3.8, 4) is 17.0 Å². The predicted molar refractivity (Wildman–Crippen MR) is 97.7 cm³/mol. The first kappa shape index (κ1) is 16.8. The van der Waals surface area contributed by atoms with E-state index in [0.29, 0.717) is 12.2 Å². The Bertz CT molecular complexity index is 839. The number of hydrogen-bond acceptors (Lipinski definition) is 3. The van der Waals surface area contributed by atoms with Gasteiger partial charge in [0.1, 0.15) is 11.4 Å². The molecule has 1 N–H and O–H groups in total. The molecule has 0 fully saturated rings. The number of benzene rings is 2. The van der Waals surface area contributed by atoms with Gasteiger partial charge in [0.2, 0.25) is 0 Å². The third kappa shape index (κ3) is 4.07. The van der Waals surface area contributed by atoms with Crippen molar-refractivity contribution in [3.05, 3.63) is 71.9 Å². The number of nitrogens with one attached hydrogen (secondary N) is 1. The Morgan fingerprint density at radius 1 is 1.12 bits per heavy atom. The minimum atomic E-state index is -0.120. The lowest BCUT2D eigenvalue weighted by atomic mass is 10.1. The van der Waals surface area contributed by atoms with Gasteiger partial charge in [-0.25, -0.2) is 0 Å². The van der Waals surface area contributed by atoms with Crippen LogP contribution < -0.4 is 10.1 Å². The number of aromatic nitrogens is 2. The van der Waals surface area contributed by atoms with Crippen molar-refractivity contribution >= 4 is 5.91 Å². The van der Waals surface area contributed by atoms with Crippen molar-refractivity contribution in [2.45, 2.75) is 6.42 Å². The van der Waals surface area contributed by atoms with E-state index in [0.717, 1.165) is 23.4 Å². The second kappa shape index (κ2) is 7.66. The molecular formula is C20H21N3O2. The van der Waals surface area contributed by atoms with Crippen molar-refractivity contribution in [2.75, 3.05) is 13.7 Å². The van der Waals surface area contributed by atoms with E-state index in [-0.39, 0.29) is 5.91 Å². The highest BCUT2D eigenvalue weighted by Crippen LogP contribution is 2.21. The summed E-state index contributed by atoms with van der Waals surface area (Å²) >= 11 is 0. The molecule has 0 unspecified atom stereocenters. The largest absolute Gasteiger partial charge is 0.497 e. The molecule has 3 rings (SSSR count). The molecule has 128 valence electrons. The maximum Gasteiger partial charge on any atom is 0.269 e. The molecule has 0 atom stereocenters. The van der Waals surface area contributed by atoms with Gasteiger partial charge < -0.3 is 10.1 Å². The Kier molecular flexibility index (Phi) is 5.14. The van der Waals surface area contributed by atoms with Gasteiger partial charge in [0.05, 0.1) is 12.8 Å². The van der Waals surface area contributed by atoms with Crippen molar-refractivity contribution in [1.82, 2.24) is 15.1 Å². The molecule has 1 amide bonds. The molecule has 3 aromatic rings. The van der Waals surface area contributed by atoms with Crippen LogP contribution in [0.4, 0.5) is 0 Å². The highest BCUT2D eigenvalue weighted by atomic mass is 16.5. The van der Waals surface area contributed by atoms with Gasteiger partial charge in [-0.2, -0.15) is 5.10 Å². The maximum absolute atomic E-state index is 12.4. The minimum absolute atomic E-state index is 0.120. The monoisotopic (exact) mass is 335 g/mol. The van der Waals surface area contributed by atoms with E-state index in [1.165, 1.54) is 5.56 Å². The second-order valence-corrected chi connectivity index (χ2v) is 5.76. The van der Waals surface area contributed by atoms with E-state index < -0.39 is 0 Å². The molecule has 0 saturated carbocycles. The summed E-state index contributed by atoms with van der Waals surface area (Å²) in [5, 5.41) is 7.39. The normalized spacial score (nSPS) is 10.5. The van der Waals surface area contributed by atoms with Crippen LogP contribution in [0.5, 0.6) is 5.75 Å². The highest BCUT2D eigenvalue weighted by Gasteiger charge is 2.14. The first-order valence-corrected chi connectivity index (χ1v) is 8.18. The number of methoxy groups -OCH3 is 1. The van der Waals surface area contributed by atoms with E-state index in [2.05, 4.69) is 22.5 Å². The Morgan fingerprint density at radius 2 is 1.84 bits per heavy atom. The first-order valence-electron chi connectivity index (χ1n) is 8.18. The van der Waals surface area contributed by atoms with Crippen molar-refractivity contribution in [2.24, 2.45) is 7.05 Å². The molecule has 0 saturated heterocycles. The van der Waals surface area contributed by atoms with E-state index in [4.69, 9.17) is 4.74 Å². The summed E-state index contributed by atoms with van der Waals surface area (Å²) in [6.07, 6.45) is 0.801. The highest BCUT2D eigenvalue weighted by molar-refractivity contribution is 5.93. The third-order valence-electron chi connectivity index (χ3n) is 4.04. The van der Waals surface area contributed by atoms with Crippen LogP contribution in [0, 0.1) is 0 Å². The number of hydrogen-bond donors (Lipinski definition) is 1. The Morgan fingerprint density at radius 3 is 2.52 bits per heavy atom. The molecule has 1 heterocycles. The molecular weight excluding hydrogens is 314 g/mol. The molecule has 2 aromatic carbocycles. The number of carbonyl (C=O) groups excluding carboxylic acids is 1. The summed E-state index contributed by atoms with van der Waals surface area (Å²) < 4.78 is 6.77. The number of rotatable bonds is 6. The summed E-state index contributed by atoms with van der Waals surface area (Å²) in [6, 6.07) is 19.5. The van der Waals surface area contributed by atoms with Crippen LogP contribution in [-0.2, 0) is 13.5 Å². The van der Waals surface area contributed by atoms with Gasteiger partial charge in [-0.3, -0.25) is 9.48 Å².